The van der Waals surface area contributed by atoms with E-state index in [0.29, 0.717) is 15.6 Å². The van der Waals surface area contributed by atoms with E-state index in [4.69, 9.17) is 9.47 Å². The number of rotatable bonds is 5. The summed E-state index contributed by atoms with van der Waals surface area (Å²) in [5.41, 5.74) is 3.35. The summed E-state index contributed by atoms with van der Waals surface area (Å²) >= 11 is 3.24. The molecule has 0 bridgehead atoms. The maximum absolute atomic E-state index is 11.9. The Labute approximate surface area is 141 Å². The maximum atomic E-state index is 11.9. The van der Waals surface area contributed by atoms with Gasteiger partial charge in [0.25, 0.3) is 5.91 Å². The number of phenolic OH excluding ortho intramolecular Hbond substituents is 1. The van der Waals surface area contributed by atoms with Crippen LogP contribution in [0, 0.1) is 0 Å². The average Bonchev–Trinajstić information content (AvgIpc) is 2.55. The lowest BCUT2D eigenvalue weighted by Crippen LogP contribution is -2.17. The van der Waals surface area contributed by atoms with Gasteiger partial charge in [-0.05, 0) is 34.1 Å². The molecule has 0 fully saturated rings. The number of aromatic hydroxyl groups is 1. The van der Waals surface area contributed by atoms with Crippen molar-refractivity contribution < 1.29 is 19.4 Å². The monoisotopic (exact) mass is 379 g/mol. The molecule has 8 heteroatoms. The van der Waals surface area contributed by atoms with Crippen LogP contribution in [0.1, 0.15) is 15.9 Å². The summed E-state index contributed by atoms with van der Waals surface area (Å²) in [5.74, 6) is -0.00853. The van der Waals surface area contributed by atoms with Gasteiger partial charge in [0.1, 0.15) is 0 Å². The molecule has 0 aliphatic carbocycles. The van der Waals surface area contributed by atoms with Crippen molar-refractivity contribution >= 4 is 28.1 Å². The van der Waals surface area contributed by atoms with E-state index in [0.717, 1.165) is 0 Å². The van der Waals surface area contributed by atoms with Crippen LogP contribution in [0.25, 0.3) is 0 Å². The lowest BCUT2D eigenvalue weighted by Gasteiger charge is -2.09. The van der Waals surface area contributed by atoms with Gasteiger partial charge < -0.3 is 14.6 Å². The first kappa shape index (κ1) is 16.8. The number of carbonyl (C=O) groups is 1. The van der Waals surface area contributed by atoms with Crippen molar-refractivity contribution in [1.82, 2.24) is 10.4 Å². The Morgan fingerprint density at radius 1 is 1.26 bits per heavy atom. The Hall–Kier alpha value is -2.61. The van der Waals surface area contributed by atoms with Crippen molar-refractivity contribution in [2.75, 3.05) is 14.2 Å². The number of halogens is 1. The van der Waals surface area contributed by atoms with Gasteiger partial charge in [-0.15, -0.1) is 0 Å². The van der Waals surface area contributed by atoms with Crippen LogP contribution >= 0.6 is 15.9 Å². The number of hydrogen-bond donors (Lipinski definition) is 2. The van der Waals surface area contributed by atoms with Crippen LogP contribution in [0.4, 0.5) is 0 Å². The van der Waals surface area contributed by atoms with Gasteiger partial charge in [0.05, 0.1) is 26.0 Å². The van der Waals surface area contributed by atoms with Crippen molar-refractivity contribution in [3.63, 3.8) is 0 Å². The van der Waals surface area contributed by atoms with Crippen LogP contribution in [0.2, 0.25) is 0 Å². The van der Waals surface area contributed by atoms with E-state index in [1.165, 1.54) is 26.6 Å². The number of ether oxygens (including phenoxy) is 2. The topological polar surface area (TPSA) is 93.0 Å². The highest BCUT2D eigenvalue weighted by atomic mass is 79.9. The van der Waals surface area contributed by atoms with Gasteiger partial charge in [0.15, 0.2) is 11.5 Å². The third-order valence-electron chi connectivity index (χ3n) is 2.85. The van der Waals surface area contributed by atoms with E-state index >= 15 is 0 Å². The molecule has 0 aliphatic rings. The Kier molecular flexibility index (Phi) is 5.53. The first-order valence-electron chi connectivity index (χ1n) is 6.44. The molecule has 0 radical (unpaired) electrons. The van der Waals surface area contributed by atoms with Crippen LogP contribution in [0.3, 0.4) is 0 Å². The molecule has 1 heterocycles. The minimum atomic E-state index is -0.396. The molecule has 2 rings (SSSR count). The second-order valence-corrected chi connectivity index (χ2v) is 5.28. The van der Waals surface area contributed by atoms with Crippen LogP contribution in [0.15, 0.2) is 40.2 Å². The third kappa shape index (κ3) is 4.19. The molecular weight excluding hydrogens is 366 g/mol. The van der Waals surface area contributed by atoms with Gasteiger partial charge in [-0.1, -0.05) is 0 Å². The van der Waals surface area contributed by atoms with E-state index in [-0.39, 0.29) is 17.2 Å². The predicted molar refractivity (Wildman–Crippen MR) is 88.2 cm³/mol. The number of nitrogens with zero attached hydrogens (tertiary/aromatic N) is 2. The first-order chi connectivity index (χ1) is 11.0. The number of phenols is 1. The minimum Gasteiger partial charge on any atom is -0.502 e. The second kappa shape index (κ2) is 7.59. The van der Waals surface area contributed by atoms with Gasteiger partial charge in [-0.3, -0.25) is 9.78 Å². The van der Waals surface area contributed by atoms with E-state index in [9.17, 15) is 9.90 Å². The molecule has 2 aromatic rings. The quantitative estimate of drug-likeness (QED) is 0.614. The molecule has 0 aliphatic heterocycles. The fraction of sp³-hybridized carbons (Fsp3) is 0.133. The summed E-state index contributed by atoms with van der Waals surface area (Å²) in [6.45, 7) is 0. The largest absolute Gasteiger partial charge is 0.502 e. The molecular formula is C15H14BrN3O4. The summed E-state index contributed by atoms with van der Waals surface area (Å²) in [6, 6.07) is 4.76. The van der Waals surface area contributed by atoms with Crippen molar-refractivity contribution in [3.8, 4) is 17.2 Å². The van der Waals surface area contributed by atoms with E-state index in [1.807, 2.05) is 0 Å². The van der Waals surface area contributed by atoms with E-state index in [2.05, 4.69) is 31.4 Å². The number of pyridine rings is 1. The minimum absolute atomic E-state index is 0.101. The lowest BCUT2D eigenvalue weighted by molar-refractivity contribution is 0.0954. The fourth-order valence-corrected chi connectivity index (χ4v) is 2.12. The summed E-state index contributed by atoms with van der Waals surface area (Å²) in [4.78, 5) is 15.8. The van der Waals surface area contributed by atoms with Gasteiger partial charge in [0, 0.05) is 22.4 Å². The number of hydrogen-bond acceptors (Lipinski definition) is 6. The average molecular weight is 380 g/mol. The van der Waals surface area contributed by atoms with Gasteiger partial charge in [0.2, 0.25) is 5.75 Å². The van der Waals surface area contributed by atoms with Gasteiger partial charge in [-0.25, -0.2) is 5.43 Å². The summed E-state index contributed by atoms with van der Waals surface area (Å²) < 4.78 is 10.8. The van der Waals surface area contributed by atoms with Crippen molar-refractivity contribution in [2.24, 2.45) is 5.10 Å². The highest BCUT2D eigenvalue weighted by molar-refractivity contribution is 9.10. The van der Waals surface area contributed by atoms with Crippen LogP contribution in [-0.4, -0.2) is 36.4 Å². The number of amides is 1. The zero-order valence-electron chi connectivity index (χ0n) is 12.4. The molecule has 2 N–H and O–H groups in total. The zero-order valence-corrected chi connectivity index (χ0v) is 14.0. The van der Waals surface area contributed by atoms with Crippen molar-refractivity contribution in [1.29, 1.82) is 0 Å². The molecule has 1 amide bonds. The Bertz CT molecular complexity index is 724. The molecule has 0 saturated heterocycles. The van der Waals surface area contributed by atoms with Crippen molar-refractivity contribution in [2.45, 2.75) is 0 Å². The number of methoxy groups -OCH3 is 2. The Balaban J connectivity index is 2.13. The number of aromatic nitrogens is 1. The molecule has 0 saturated carbocycles. The molecule has 0 atom stereocenters. The summed E-state index contributed by atoms with van der Waals surface area (Å²) in [7, 11) is 2.86. The molecule has 0 unspecified atom stereocenters. The lowest BCUT2D eigenvalue weighted by atomic mass is 10.2. The number of benzene rings is 1. The highest BCUT2D eigenvalue weighted by Gasteiger charge is 2.10. The predicted octanol–water partition coefficient (Wildman–Crippen LogP) is 2.33. The SMILES string of the molecule is COc1cc(C=NNC(=O)c2cncc(Br)c2)cc(OC)c1O. The Morgan fingerprint density at radius 3 is 2.48 bits per heavy atom. The van der Waals surface area contributed by atoms with Gasteiger partial charge >= 0.3 is 0 Å². The van der Waals surface area contributed by atoms with Crippen molar-refractivity contribution in [3.05, 3.63) is 46.2 Å². The normalized spacial score (nSPS) is 10.6. The molecule has 120 valence electrons. The van der Waals surface area contributed by atoms with Gasteiger partial charge in [-0.2, -0.15) is 5.10 Å². The summed E-state index contributed by atoms with van der Waals surface area (Å²) in [6.07, 6.45) is 4.42. The molecule has 23 heavy (non-hydrogen) atoms. The smallest absolute Gasteiger partial charge is 0.272 e. The van der Waals surface area contributed by atoms with Crippen LogP contribution in [-0.2, 0) is 0 Å². The van der Waals surface area contributed by atoms with E-state index < -0.39 is 5.91 Å². The highest BCUT2D eigenvalue weighted by Crippen LogP contribution is 2.36. The first-order valence-corrected chi connectivity index (χ1v) is 7.23. The van der Waals surface area contributed by atoms with Crippen LogP contribution < -0.4 is 14.9 Å². The zero-order chi connectivity index (χ0) is 16.8. The summed E-state index contributed by atoms with van der Waals surface area (Å²) in [5, 5.41) is 13.7. The third-order valence-corrected chi connectivity index (χ3v) is 3.28. The fourth-order valence-electron chi connectivity index (χ4n) is 1.75. The second-order valence-electron chi connectivity index (χ2n) is 4.36. The van der Waals surface area contributed by atoms with E-state index in [1.54, 1.807) is 24.4 Å². The number of nitrogens with one attached hydrogen (secondary N) is 1. The molecule has 1 aromatic carbocycles. The molecule has 0 spiro atoms. The molecule has 1 aromatic heterocycles. The molecule has 7 nitrogen and oxygen atoms in total. The van der Waals surface area contributed by atoms with Crippen LogP contribution in [0.5, 0.6) is 17.2 Å². The standard InChI is InChI=1S/C15H14BrN3O4/c1-22-12-3-9(4-13(23-2)14(12)20)6-18-19-15(21)10-5-11(16)8-17-7-10/h3-8,20H,1-2H3,(H,19,21). The maximum Gasteiger partial charge on any atom is 0.272 e. The number of hydrazone groups is 1. The Morgan fingerprint density at radius 2 is 1.91 bits per heavy atom. The number of carbonyl (C=O) groups excluding carboxylic acids is 1.